The fraction of sp³-hybridized carbons (Fsp3) is 0.494. The number of ether oxygens (including phenoxy) is 1. The number of hydrogen-bond acceptors (Lipinski definition) is 28. The van der Waals surface area contributed by atoms with Gasteiger partial charge in [0, 0.05) is 62.5 Å². The number of aliphatic carboxylic acids is 3. The summed E-state index contributed by atoms with van der Waals surface area (Å²) in [6, 6.07) is -6.09. The summed E-state index contributed by atoms with van der Waals surface area (Å²) >= 11 is 0. The smallest absolute Gasteiger partial charge is 0.336 e. The number of unbranched alkanes of at least 4 members (excludes halogenated alkanes) is 1. The van der Waals surface area contributed by atoms with Gasteiger partial charge < -0.3 is 132 Å². The van der Waals surface area contributed by atoms with Gasteiger partial charge in [0.15, 0.2) is 11.9 Å². The van der Waals surface area contributed by atoms with Crippen LogP contribution in [0, 0.1) is 42.9 Å². The van der Waals surface area contributed by atoms with Gasteiger partial charge in [-0.3, -0.25) is 117 Å². The van der Waals surface area contributed by atoms with Crippen LogP contribution in [-0.4, -0.2) is 255 Å². The van der Waals surface area contributed by atoms with Gasteiger partial charge in [0.2, 0.25) is 82.7 Å². The van der Waals surface area contributed by atoms with Crippen molar-refractivity contribution in [2.24, 2.45) is 34.8 Å². The van der Waals surface area contributed by atoms with Gasteiger partial charge in [-0.1, -0.05) is 58.0 Å². The van der Waals surface area contributed by atoms with Gasteiger partial charge in [0.1, 0.15) is 89.4 Å². The van der Waals surface area contributed by atoms with Gasteiger partial charge >= 0.3 is 23.5 Å². The van der Waals surface area contributed by atoms with Gasteiger partial charge in [-0.2, -0.15) is 0 Å². The number of fused-ring (bicyclic) bond motifs is 1. The topological polar surface area (TPSA) is 846 Å². The number of non-ortho nitro benzene ring substituents is 1. The number of guanidine groups is 2. The highest BCUT2D eigenvalue weighted by atomic mass is 16.6. The van der Waals surface area contributed by atoms with Crippen molar-refractivity contribution in [2.75, 3.05) is 33.4 Å². The lowest BCUT2D eigenvalue weighted by Crippen LogP contribution is -2.61. The van der Waals surface area contributed by atoms with Crippen molar-refractivity contribution in [2.45, 2.75) is 210 Å². The highest BCUT2D eigenvalue weighted by Gasteiger charge is 2.39. The molecule has 1 heterocycles. The number of carboxylic acid groups (broad SMARTS) is 3. The van der Waals surface area contributed by atoms with Gasteiger partial charge in [-0.05, 0) is 112 Å². The minimum atomic E-state index is -2.14. The number of nitrogens with one attached hydrogen (secondary N) is 17. The Morgan fingerprint density at radius 3 is 1.45 bits per heavy atom. The van der Waals surface area contributed by atoms with Crippen molar-refractivity contribution >= 4 is 141 Å². The monoisotopic (exact) mass is 1870 g/mol. The number of carbonyl (C=O) groups excluding carboxylic acids is 15. The summed E-state index contributed by atoms with van der Waals surface area (Å²) in [5.41, 5.74) is 19.5. The Hall–Kier alpha value is -15.6. The number of rotatable bonds is 59. The first-order chi connectivity index (χ1) is 62.6. The third kappa shape index (κ3) is 38.7. The van der Waals surface area contributed by atoms with Crippen LogP contribution in [0.5, 0.6) is 5.75 Å². The molecule has 726 valence electrons. The van der Waals surface area contributed by atoms with Crippen molar-refractivity contribution in [1.82, 2.24) is 79.8 Å². The lowest BCUT2D eigenvalue weighted by atomic mass is 10.00. The molecule has 0 aliphatic heterocycles. The third-order valence-electron chi connectivity index (χ3n) is 19.8. The Morgan fingerprint density at radius 2 is 0.940 bits per heavy atom. The van der Waals surface area contributed by atoms with E-state index in [-0.39, 0.29) is 82.1 Å². The second-order valence-corrected chi connectivity index (χ2v) is 31.2. The molecule has 15 amide bonds. The van der Waals surface area contributed by atoms with Gasteiger partial charge in [0.25, 0.3) is 17.3 Å². The zero-order chi connectivity index (χ0) is 99.6. The third-order valence-corrected chi connectivity index (χ3v) is 19.8. The van der Waals surface area contributed by atoms with E-state index in [0.29, 0.717) is 22.8 Å². The average Bonchev–Trinajstić information content (AvgIpc) is 0.799. The molecule has 0 bridgehead atoms. The Balaban J connectivity index is 1.61. The lowest BCUT2D eigenvalue weighted by Gasteiger charge is -2.29. The fourth-order valence-corrected chi connectivity index (χ4v) is 13.0. The van der Waals surface area contributed by atoms with Gasteiger partial charge in [-0.15, -0.1) is 0 Å². The second-order valence-electron chi connectivity index (χ2n) is 31.2. The Labute approximate surface area is 758 Å². The molecule has 133 heavy (non-hydrogen) atoms. The predicted molar refractivity (Wildman–Crippen MR) is 466 cm³/mol. The molecule has 4 aromatic rings. The largest absolute Gasteiger partial charge is 0.497 e. The Morgan fingerprint density at radius 1 is 0.474 bits per heavy atom. The quantitative estimate of drug-likeness (QED) is 0.00490. The number of nitro benzene ring substituents is 2. The highest BCUT2D eigenvalue weighted by molar-refractivity contribution is 6.02. The summed E-state index contributed by atoms with van der Waals surface area (Å²) in [6.07, 6.45) is -7.44. The molecule has 3 aromatic carbocycles. The van der Waals surface area contributed by atoms with Gasteiger partial charge in [-0.25, -0.2) is 4.79 Å². The summed E-state index contributed by atoms with van der Waals surface area (Å²) in [7, 11) is 1.36. The Bertz CT molecular complexity index is 4980. The molecule has 0 saturated carbocycles. The van der Waals surface area contributed by atoms with E-state index in [4.69, 9.17) is 42.9 Å². The van der Waals surface area contributed by atoms with Crippen LogP contribution in [0.1, 0.15) is 146 Å². The molecule has 1 aromatic heterocycles. The molecule has 0 radical (unpaired) electrons. The van der Waals surface area contributed by atoms with Crippen LogP contribution in [0.15, 0.2) is 82.0 Å². The van der Waals surface area contributed by atoms with E-state index in [9.17, 15) is 132 Å². The number of primary amides is 2. The fourth-order valence-electron chi connectivity index (χ4n) is 13.0. The molecule has 12 atom stereocenters. The molecule has 0 aliphatic rings. The molecule has 0 aliphatic carbocycles. The molecule has 0 unspecified atom stereocenters. The van der Waals surface area contributed by atoms with Crippen molar-refractivity contribution in [3.63, 3.8) is 0 Å². The highest BCUT2D eigenvalue weighted by Crippen LogP contribution is 2.26. The van der Waals surface area contributed by atoms with E-state index >= 15 is 0 Å². The molecule has 0 fully saturated rings. The molecule has 52 nitrogen and oxygen atoms in total. The van der Waals surface area contributed by atoms with Crippen LogP contribution < -0.4 is 113 Å². The van der Waals surface area contributed by atoms with Crippen LogP contribution in [0.2, 0.25) is 0 Å². The first kappa shape index (κ1) is 110. The molecular formula is C81H113N23O29. The van der Waals surface area contributed by atoms with E-state index in [1.165, 1.54) is 51.3 Å². The van der Waals surface area contributed by atoms with Crippen molar-refractivity contribution in [3.05, 3.63) is 120 Å². The minimum Gasteiger partial charge on any atom is -0.497 e. The number of hydrogen-bond donors (Lipinski definition) is 25. The zero-order valence-corrected chi connectivity index (χ0v) is 73.4. The number of nitro groups is 2. The number of amides is 15. The number of nitrogens with two attached hydrogens (primary N) is 4. The van der Waals surface area contributed by atoms with Crippen molar-refractivity contribution in [3.8, 4) is 5.75 Å². The molecule has 52 heteroatoms. The number of nitrogens with zero attached hydrogens (tertiary/aromatic N) is 2. The SMILES string of the molecule is COc1ccc2c(CC(=O)N[C@@H](CO)C(=O)N[C@@H](CCC(=O)O)C(=O)N[C@H](C(=O)N[C@@H](CC(N)=O)C(=O)N[C@@H](CC(C)C)C(=O)N[C@@H](CC(=O)O)C(=O)N[C@@H](C)C(=O)N[C@@H](CCC(=O)O)C(=O)N[C@@H](Cc3ccccc3)C(=O)N[C@@H](CCCCNC(=O)c3ccc([N+](=O)[O-])cc3[N+](=O)[O-])C(=O)N[C@@H](CCCNC(=N)N)C(=O)N[C@@H](CCCNC(=N)N)C(N)=O)C(C)C)cc(=O)oc2c1. The number of carboxylic acids is 3. The molecule has 0 saturated heterocycles. The van der Waals surface area contributed by atoms with Crippen LogP contribution >= 0.6 is 0 Å². The van der Waals surface area contributed by atoms with E-state index in [1.54, 1.807) is 32.0 Å². The Kier molecular flexibility index (Phi) is 45.1. The summed E-state index contributed by atoms with van der Waals surface area (Å²) in [4.78, 5) is 280. The summed E-state index contributed by atoms with van der Waals surface area (Å²) in [6.45, 7) is 5.54. The van der Waals surface area contributed by atoms with E-state index < -0.39 is 293 Å². The predicted octanol–water partition coefficient (Wildman–Crippen LogP) is -5.37. The second kappa shape index (κ2) is 54.7. The zero-order valence-electron chi connectivity index (χ0n) is 73.4. The summed E-state index contributed by atoms with van der Waals surface area (Å²) in [5, 5.41) is 114. The van der Waals surface area contributed by atoms with Gasteiger partial charge in [0.05, 0.1) is 48.9 Å². The minimum absolute atomic E-state index is 0.000927. The van der Waals surface area contributed by atoms with Crippen molar-refractivity contribution < 1.29 is 126 Å². The molecule has 0 spiro atoms. The number of aliphatic hydroxyl groups excluding tert-OH is 1. The molecular weight excluding hydrogens is 1760 g/mol. The van der Waals surface area contributed by atoms with Crippen LogP contribution in [0.4, 0.5) is 11.4 Å². The maximum atomic E-state index is 15.0. The first-order valence-electron chi connectivity index (χ1n) is 41.6. The summed E-state index contributed by atoms with van der Waals surface area (Å²) in [5.74, 6) is -24.4. The number of benzene rings is 3. The number of carbonyl (C=O) groups is 18. The number of aliphatic hydroxyl groups is 1. The maximum Gasteiger partial charge on any atom is 0.336 e. The summed E-state index contributed by atoms with van der Waals surface area (Å²) < 4.78 is 10.4. The lowest BCUT2D eigenvalue weighted by molar-refractivity contribution is -0.394. The first-order valence-corrected chi connectivity index (χ1v) is 41.6. The normalized spacial score (nSPS) is 13.7. The van der Waals surface area contributed by atoms with E-state index in [2.05, 4.69) is 79.8 Å². The van der Waals surface area contributed by atoms with Crippen LogP contribution in [0.25, 0.3) is 11.0 Å². The average molecular weight is 1870 g/mol. The maximum absolute atomic E-state index is 15.0. The molecule has 29 N–H and O–H groups in total. The molecule has 4 rings (SSSR count). The van der Waals surface area contributed by atoms with Crippen LogP contribution in [0.3, 0.4) is 0 Å². The van der Waals surface area contributed by atoms with Crippen LogP contribution in [-0.2, 0) is 94.3 Å². The van der Waals surface area contributed by atoms with E-state index in [0.717, 1.165) is 25.1 Å². The standard InChI is InChI=1S/C81H113N23O29/c1-39(2)30-53(98-77(125)55(36-60(82)106)101-79(127)66(40(3)4)102-73(121)52(24-26-63(110)111)97-78(126)57(38-105)92-61(107)32-43-33-65(114)133-59-35-45(132-6)20-22-46(43)59)75(123)100-56(37-64(112)113)74(122)91-41(5)68(116)94-51(23-25-62(108)109)72(120)99-54(31-42-14-8-7-9-15-42)76(124)96-49(16-10-11-27-88-69(117)47-21-19-44(103(128)129)34-58(47)104(130)131)71(119)95-50(18-13-29-90-81(86)87)70(118)93-48(67(83)115)17-12-28-89-80(84)85/h7-9,14-15,19-22,33-35,39-41,48-57,66,105H,10-13,16-18,23-32,36-38H2,1-6H3,(H2,82,106)(H2,83,115)(H,88,117)(H,91,122)(H,92,107)(H,93,118)(H,94,116)(H,95,119)(H,96,124)(H,97,126)(H,98,125)(H,99,120)(H,100,123)(H,101,127)(H,102,121)(H,108,109)(H,110,111)(H,112,113)(H4,84,85,89)(H4,86,87,90)/t41-,48-,49-,50-,51-,52-,53-,54-,55-,56-,57-,66-/m0/s1. The number of methoxy groups -OCH3 is 1. The van der Waals surface area contributed by atoms with E-state index in [1.807, 2.05) is 0 Å². The van der Waals surface area contributed by atoms with Crippen molar-refractivity contribution in [1.29, 1.82) is 10.8 Å².